The molecule has 2 fully saturated rings. The van der Waals surface area contributed by atoms with Crippen LogP contribution in [0.3, 0.4) is 0 Å². The number of carboxylic acids is 1. The van der Waals surface area contributed by atoms with Gasteiger partial charge in [-0.2, -0.15) is 13.2 Å². The molecule has 13 heteroatoms. The van der Waals surface area contributed by atoms with Gasteiger partial charge in [0.2, 0.25) is 5.88 Å². The van der Waals surface area contributed by atoms with E-state index < -0.39 is 23.6 Å². The molecular formula is C19H18F4N4O5. The fourth-order valence-corrected chi connectivity index (χ4v) is 3.34. The molecule has 32 heavy (non-hydrogen) atoms. The zero-order chi connectivity index (χ0) is 23.4. The Labute approximate surface area is 179 Å². The molecule has 1 spiro atoms. The van der Waals surface area contributed by atoms with E-state index in [9.17, 15) is 22.4 Å². The van der Waals surface area contributed by atoms with E-state index in [2.05, 4.69) is 15.0 Å². The van der Waals surface area contributed by atoms with E-state index in [0.717, 1.165) is 6.42 Å². The number of amides is 1. The van der Waals surface area contributed by atoms with Crippen LogP contribution in [0.4, 0.5) is 17.6 Å². The van der Waals surface area contributed by atoms with Crippen molar-refractivity contribution in [2.24, 2.45) is 5.92 Å². The third kappa shape index (κ3) is 5.28. The van der Waals surface area contributed by atoms with E-state index in [1.165, 1.54) is 36.9 Å². The summed E-state index contributed by atoms with van der Waals surface area (Å²) in [4.78, 5) is 34.8. The predicted molar refractivity (Wildman–Crippen MR) is 98.1 cm³/mol. The molecule has 172 valence electrons. The molecular weight excluding hydrogens is 440 g/mol. The fraction of sp³-hybridized carbons (Fsp3) is 0.421. The van der Waals surface area contributed by atoms with Crippen molar-refractivity contribution < 1.29 is 41.7 Å². The topological polar surface area (TPSA) is 115 Å². The maximum atomic E-state index is 13.6. The summed E-state index contributed by atoms with van der Waals surface area (Å²) in [5, 5.41) is 7.12. The average molecular weight is 458 g/mol. The number of likely N-dealkylation sites (tertiary alicyclic amines) is 1. The molecule has 2 aromatic rings. The molecule has 0 aliphatic carbocycles. The minimum Gasteiger partial charge on any atom is -0.475 e. The number of hydrogen-bond donors (Lipinski definition) is 1. The van der Waals surface area contributed by atoms with Crippen LogP contribution in [-0.4, -0.2) is 74.9 Å². The maximum absolute atomic E-state index is 13.6. The third-order valence-electron chi connectivity index (χ3n) is 4.97. The minimum atomic E-state index is -5.08. The van der Waals surface area contributed by atoms with Crippen LogP contribution in [0.5, 0.6) is 5.88 Å². The summed E-state index contributed by atoms with van der Waals surface area (Å²) in [6.07, 6.45) is 1.68. The quantitative estimate of drug-likeness (QED) is 0.692. The van der Waals surface area contributed by atoms with Gasteiger partial charge in [0.1, 0.15) is 11.3 Å². The lowest BCUT2D eigenvalue weighted by Crippen LogP contribution is -2.66. The van der Waals surface area contributed by atoms with Crippen LogP contribution in [0.25, 0.3) is 0 Å². The van der Waals surface area contributed by atoms with E-state index >= 15 is 0 Å². The Morgan fingerprint density at radius 2 is 1.97 bits per heavy atom. The lowest BCUT2D eigenvalue weighted by Gasteiger charge is -2.49. The second-order valence-electron chi connectivity index (χ2n) is 7.05. The van der Waals surface area contributed by atoms with Gasteiger partial charge in [0, 0.05) is 31.1 Å². The Kier molecular flexibility index (Phi) is 6.87. The highest BCUT2D eigenvalue weighted by Crippen LogP contribution is 2.40. The summed E-state index contributed by atoms with van der Waals surface area (Å²) in [6.45, 7) is 1.86. The number of halogens is 4. The second-order valence-corrected chi connectivity index (χ2v) is 7.05. The number of nitrogens with zero attached hydrogens (tertiary/aromatic N) is 4. The zero-order valence-electron chi connectivity index (χ0n) is 16.5. The Morgan fingerprint density at radius 3 is 2.56 bits per heavy atom. The van der Waals surface area contributed by atoms with Crippen LogP contribution < -0.4 is 4.74 Å². The number of ether oxygens (including phenoxy) is 2. The standard InChI is InChI=1S/C17H17FN4O3.C2HF3O2/c18-13-2-1-4-21-15(13)24-9-12-3-7-25-17(12)10-22(11-17)16(23)14-8-19-5-6-20-14;3-2(4,5)1(6)7/h1-2,4-6,8,12H,3,7,9-11H2;(H,6,7). The van der Waals surface area contributed by atoms with Crippen LogP contribution in [-0.2, 0) is 9.53 Å². The molecule has 4 heterocycles. The van der Waals surface area contributed by atoms with Crippen LogP contribution in [0, 0.1) is 11.7 Å². The number of hydrogen-bond acceptors (Lipinski definition) is 7. The number of alkyl halides is 3. The highest BCUT2D eigenvalue weighted by Gasteiger charge is 2.55. The number of carbonyl (C=O) groups is 2. The van der Waals surface area contributed by atoms with Crippen molar-refractivity contribution in [3.8, 4) is 5.88 Å². The Bertz CT molecular complexity index is 954. The lowest BCUT2D eigenvalue weighted by atomic mass is 9.81. The van der Waals surface area contributed by atoms with E-state index in [4.69, 9.17) is 19.4 Å². The number of carbonyl (C=O) groups excluding carboxylic acids is 1. The summed E-state index contributed by atoms with van der Waals surface area (Å²) in [6, 6.07) is 2.83. The molecule has 2 aliphatic rings. The first-order chi connectivity index (χ1) is 15.1. The average Bonchev–Trinajstić information content (AvgIpc) is 3.16. The van der Waals surface area contributed by atoms with Crippen molar-refractivity contribution in [3.63, 3.8) is 0 Å². The highest BCUT2D eigenvalue weighted by molar-refractivity contribution is 5.92. The van der Waals surface area contributed by atoms with Gasteiger partial charge >= 0.3 is 12.1 Å². The maximum Gasteiger partial charge on any atom is 0.490 e. The van der Waals surface area contributed by atoms with Gasteiger partial charge in [-0.05, 0) is 18.6 Å². The molecule has 9 nitrogen and oxygen atoms in total. The fourth-order valence-electron chi connectivity index (χ4n) is 3.34. The summed E-state index contributed by atoms with van der Waals surface area (Å²) < 4.78 is 56.8. The minimum absolute atomic E-state index is 0.00336. The molecule has 1 unspecified atom stereocenters. The Hall–Kier alpha value is -3.35. The zero-order valence-corrected chi connectivity index (χ0v) is 16.5. The van der Waals surface area contributed by atoms with Gasteiger partial charge < -0.3 is 19.5 Å². The number of aliphatic carboxylic acids is 1. The van der Waals surface area contributed by atoms with Crippen LogP contribution in [0.1, 0.15) is 16.9 Å². The third-order valence-corrected chi connectivity index (χ3v) is 4.97. The first kappa shape index (κ1) is 23.3. The predicted octanol–water partition coefficient (Wildman–Crippen LogP) is 1.95. The van der Waals surface area contributed by atoms with Crippen LogP contribution in [0.2, 0.25) is 0 Å². The van der Waals surface area contributed by atoms with Gasteiger partial charge in [-0.15, -0.1) is 0 Å². The molecule has 0 saturated carbocycles. The molecule has 2 aromatic heterocycles. The van der Waals surface area contributed by atoms with E-state index in [1.54, 1.807) is 4.90 Å². The Balaban J connectivity index is 0.000000360. The molecule has 1 N–H and O–H groups in total. The van der Waals surface area contributed by atoms with Crippen molar-refractivity contribution in [2.45, 2.75) is 18.2 Å². The molecule has 4 rings (SSSR count). The van der Waals surface area contributed by atoms with Gasteiger partial charge in [0.05, 0.1) is 25.9 Å². The van der Waals surface area contributed by atoms with Crippen LogP contribution >= 0.6 is 0 Å². The van der Waals surface area contributed by atoms with Crippen molar-refractivity contribution in [1.82, 2.24) is 19.9 Å². The first-order valence-electron chi connectivity index (χ1n) is 9.35. The van der Waals surface area contributed by atoms with Crippen molar-refractivity contribution >= 4 is 11.9 Å². The number of aromatic nitrogens is 3. The molecule has 1 atom stereocenters. The normalized spacial score (nSPS) is 19.0. The summed E-state index contributed by atoms with van der Waals surface area (Å²) in [7, 11) is 0. The van der Waals surface area contributed by atoms with Gasteiger partial charge in [0.25, 0.3) is 5.91 Å². The number of pyridine rings is 1. The molecule has 0 aromatic carbocycles. The smallest absolute Gasteiger partial charge is 0.475 e. The summed E-state index contributed by atoms with van der Waals surface area (Å²) in [5.74, 6) is -3.32. The van der Waals surface area contributed by atoms with Crippen molar-refractivity contribution in [1.29, 1.82) is 0 Å². The van der Waals surface area contributed by atoms with Gasteiger partial charge in [-0.1, -0.05) is 0 Å². The molecule has 2 aliphatic heterocycles. The number of rotatable bonds is 4. The lowest BCUT2D eigenvalue weighted by molar-refractivity contribution is -0.192. The van der Waals surface area contributed by atoms with Gasteiger partial charge in [-0.3, -0.25) is 9.78 Å². The molecule has 0 radical (unpaired) electrons. The van der Waals surface area contributed by atoms with E-state index in [0.29, 0.717) is 32.0 Å². The molecule has 2 saturated heterocycles. The summed E-state index contributed by atoms with van der Waals surface area (Å²) in [5.41, 5.74) is -0.109. The van der Waals surface area contributed by atoms with Crippen molar-refractivity contribution in [3.05, 3.63) is 48.4 Å². The van der Waals surface area contributed by atoms with Gasteiger partial charge in [-0.25, -0.2) is 19.2 Å². The molecule has 1 amide bonds. The van der Waals surface area contributed by atoms with E-state index in [-0.39, 0.29) is 17.7 Å². The van der Waals surface area contributed by atoms with Crippen molar-refractivity contribution in [2.75, 3.05) is 26.3 Å². The second kappa shape index (κ2) is 9.42. The number of carboxylic acid groups (broad SMARTS) is 1. The van der Waals surface area contributed by atoms with E-state index in [1.807, 2.05) is 0 Å². The SMILES string of the molecule is O=C(O)C(F)(F)F.O=C(c1cnccn1)N1CC2(C1)OCCC2COc1ncccc1F. The Morgan fingerprint density at radius 1 is 1.25 bits per heavy atom. The highest BCUT2D eigenvalue weighted by atomic mass is 19.4. The van der Waals surface area contributed by atoms with Gasteiger partial charge in [0.15, 0.2) is 5.82 Å². The molecule has 0 bridgehead atoms. The largest absolute Gasteiger partial charge is 0.490 e. The first-order valence-corrected chi connectivity index (χ1v) is 9.35. The van der Waals surface area contributed by atoms with Crippen LogP contribution in [0.15, 0.2) is 36.9 Å². The monoisotopic (exact) mass is 458 g/mol. The summed E-state index contributed by atoms with van der Waals surface area (Å²) >= 11 is 0.